The summed E-state index contributed by atoms with van der Waals surface area (Å²) >= 11 is 6.15. The van der Waals surface area contributed by atoms with Crippen molar-refractivity contribution in [3.05, 3.63) is 105 Å². The number of aromatic nitrogens is 2. The fourth-order valence-electron chi connectivity index (χ4n) is 5.59. The van der Waals surface area contributed by atoms with Gasteiger partial charge in [-0.1, -0.05) is 80.3 Å². The molecule has 0 aliphatic heterocycles. The van der Waals surface area contributed by atoms with Gasteiger partial charge in [-0.2, -0.15) is 0 Å². The van der Waals surface area contributed by atoms with Crippen LogP contribution < -0.4 is 10.9 Å². The third-order valence-electron chi connectivity index (χ3n) is 7.70. The highest BCUT2D eigenvalue weighted by Gasteiger charge is 2.30. The Morgan fingerprint density at radius 2 is 1.80 bits per heavy atom. The van der Waals surface area contributed by atoms with Crippen molar-refractivity contribution < 1.29 is 9.18 Å². The molecule has 0 radical (unpaired) electrons. The second kappa shape index (κ2) is 12.6. The number of nitrogens with one attached hydrogen (secondary N) is 1. The number of hydrogen-bond donors (Lipinski definition) is 1. The molecule has 1 saturated carbocycles. The first-order chi connectivity index (χ1) is 19.5. The van der Waals surface area contributed by atoms with Crippen LogP contribution in [0.2, 0.25) is 5.02 Å². The highest BCUT2D eigenvalue weighted by Crippen LogP contribution is 2.28. The van der Waals surface area contributed by atoms with Gasteiger partial charge in [-0.15, -0.1) is 0 Å². The zero-order valence-electron chi connectivity index (χ0n) is 22.7. The average molecular weight is 561 g/mol. The van der Waals surface area contributed by atoms with E-state index in [0.29, 0.717) is 41.8 Å². The maximum absolute atomic E-state index is 14.1. The zero-order valence-corrected chi connectivity index (χ0v) is 23.4. The van der Waals surface area contributed by atoms with Crippen molar-refractivity contribution in [3.8, 4) is 5.69 Å². The SMILES string of the molecule is CCC(c1nc2ccccc2c(=O)n1-c1ccc(F)c(Cl)c1)N(CCc1ccccc1)C(=O)NC1CCCCC1. The third-order valence-corrected chi connectivity index (χ3v) is 7.99. The standard InChI is InChI=1S/C32H34ClFN4O2/c1-2-29(37(20-19-22-11-5-3-6-12-22)32(40)35-23-13-7-4-8-14-23)30-36-28-16-10-9-15-25(28)31(39)38(30)24-17-18-27(34)26(33)21-24/h3,5-6,9-12,15-18,21,23,29H,2,4,7-8,13-14,19-20H2,1H3,(H,35,40). The van der Waals surface area contributed by atoms with Gasteiger partial charge in [0, 0.05) is 12.6 Å². The van der Waals surface area contributed by atoms with E-state index in [1.165, 1.54) is 29.2 Å². The fourth-order valence-corrected chi connectivity index (χ4v) is 5.76. The van der Waals surface area contributed by atoms with Crippen molar-refractivity contribution in [3.63, 3.8) is 0 Å². The Kier molecular flexibility index (Phi) is 8.80. The average Bonchev–Trinajstić information content (AvgIpc) is 2.98. The van der Waals surface area contributed by atoms with Gasteiger partial charge >= 0.3 is 6.03 Å². The van der Waals surface area contributed by atoms with Gasteiger partial charge in [0.1, 0.15) is 11.6 Å². The third kappa shape index (κ3) is 6.04. The molecule has 1 aliphatic carbocycles. The minimum Gasteiger partial charge on any atom is -0.335 e. The predicted octanol–water partition coefficient (Wildman–Crippen LogP) is 7.22. The van der Waals surface area contributed by atoms with E-state index in [1.807, 2.05) is 43.3 Å². The molecule has 2 amide bonds. The molecule has 1 atom stereocenters. The van der Waals surface area contributed by atoms with E-state index in [1.54, 1.807) is 23.1 Å². The van der Waals surface area contributed by atoms with Crippen molar-refractivity contribution in [2.75, 3.05) is 6.54 Å². The number of urea groups is 1. The van der Waals surface area contributed by atoms with E-state index in [2.05, 4.69) is 5.32 Å². The Balaban J connectivity index is 1.62. The Hall–Kier alpha value is -3.71. The Labute approximate surface area is 238 Å². The molecule has 208 valence electrons. The van der Waals surface area contributed by atoms with Crippen LogP contribution in [0.1, 0.15) is 62.9 Å². The molecule has 1 unspecified atom stereocenters. The fraction of sp³-hybridized carbons (Fsp3) is 0.344. The summed E-state index contributed by atoms with van der Waals surface area (Å²) in [5.41, 5.74) is 1.76. The summed E-state index contributed by atoms with van der Waals surface area (Å²) in [6.45, 7) is 2.42. The molecule has 8 heteroatoms. The minimum atomic E-state index is -0.572. The smallest absolute Gasteiger partial charge is 0.318 e. The quantitative estimate of drug-likeness (QED) is 0.247. The van der Waals surface area contributed by atoms with E-state index in [-0.39, 0.29) is 22.7 Å². The van der Waals surface area contributed by atoms with Crippen LogP contribution in [0.25, 0.3) is 16.6 Å². The molecule has 0 bridgehead atoms. The summed E-state index contributed by atoms with van der Waals surface area (Å²) in [7, 11) is 0. The molecule has 4 aromatic rings. The van der Waals surface area contributed by atoms with E-state index in [9.17, 15) is 14.0 Å². The first-order valence-corrected chi connectivity index (χ1v) is 14.4. The molecular formula is C32H34ClFN4O2. The number of hydrogen-bond acceptors (Lipinski definition) is 3. The van der Waals surface area contributed by atoms with Crippen LogP contribution in [-0.4, -0.2) is 33.1 Å². The van der Waals surface area contributed by atoms with Crippen LogP contribution >= 0.6 is 11.6 Å². The van der Waals surface area contributed by atoms with E-state index in [4.69, 9.17) is 16.6 Å². The molecule has 6 nitrogen and oxygen atoms in total. The summed E-state index contributed by atoms with van der Waals surface area (Å²) < 4.78 is 15.6. The van der Waals surface area contributed by atoms with Crippen molar-refractivity contribution in [2.24, 2.45) is 0 Å². The first-order valence-electron chi connectivity index (χ1n) is 14.0. The molecule has 0 spiro atoms. The van der Waals surface area contributed by atoms with Crippen LogP contribution in [0.5, 0.6) is 0 Å². The van der Waals surface area contributed by atoms with Crippen LogP contribution in [0.3, 0.4) is 0 Å². The Bertz CT molecular complexity index is 1540. The largest absolute Gasteiger partial charge is 0.335 e. The van der Waals surface area contributed by atoms with Crippen molar-refractivity contribution >= 4 is 28.5 Å². The number of carbonyl (C=O) groups is 1. The van der Waals surface area contributed by atoms with Gasteiger partial charge in [-0.3, -0.25) is 9.36 Å². The highest BCUT2D eigenvalue weighted by atomic mass is 35.5. The molecule has 0 saturated heterocycles. The second-order valence-corrected chi connectivity index (χ2v) is 10.8. The van der Waals surface area contributed by atoms with Gasteiger partial charge in [0.15, 0.2) is 0 Å². The van der Waals surface area contributed by atoms with E-state index in [0.717, 1.165) is 31.2 Å². The molecule has 1 N–H and O–H groups in total. The second-order valence-electron chi connectivity index (χ2n) is 10.4. The summed E-state index contributed by atoms with van der Waals surface area (Å²) in [6, 6.07) is 20.8. The topological polar surface area (TPSA) is 67.2 Å². The van der Waals surface area contributed by atoms with Crippen LogP contribution in [0, 0.1) is 5.82 Å². The maximum atomic E-state index is 14.1. The molecule has 1 fully saturated rings. The van der Waals surface area contributed by atoms with Crippen LogP contribution in [0.15, 0.2) is 77.6 Å². The molecule has 3 aromatic carbocycles. The van der Waals surface area contributed by atoms with Crippen molar-refractivity contribution in [2.45, 2.75) is 64.0 Å². The number of carbonyl (C=O) groups excluding carboxylic acids is 1. The van der Waals surface area contributed by atoms with Crippen LogP contribution in [-0.2, 0) is 6.42 Å². The molecular weight excluding hydrogens is 527 g/mol. The van der Waals surface area contributed by atoms with Crippen molar-refractivity contribution in [1.29, 1.82) is 0 Å². The number of rotatable bonds is 8. The monoisotopic (exact) mass is 560 g/mol. The van der Waals surface area contributed by atoms with E-state index < -0.39 is 11.9 Å². The number of amides is 2. The minimum absolute atomic E-state index is 0.0902. The molecule has 5 rings (SSSR count). The van der Waals surface area contributed by atoms with E-state index >= 15 is 0 Å². The molecule has 1 aliphatic rings. The maximum Gasteiger partial charge on any atom is 0.318 e. The lowest BCUT2D eigenvalue weighted by Crippen LogP contribution is -2.48. The number of nitrogens with zero attached hydrogens (tertiary/aromatic N) is 3. The van der Waals surface area contributed by atoms with Gasteiger partial charge < -0.3 is 10.2 Å². The number of para-hydroxylation sites is 1. The normalized spacial score (nSPS) is 14.7. The lowest BCUT2D eigenvalue weighted by Gasteiger charge is -2.34. The van der Waals surface area contributed by atoms with Crippen LogP contribution in [0.4, 0.5) is 9.18 Å². The predicted molar refractivity (Wildman–Crippen MR) is 158 cm³/mol. The number of benzene rings is 3. The summed E-state index contributed by atoms with van der Waals surface area (Å²) in [5, 5.41) is 3.61. The summed E-state index contributed by atoms with van der Waals surface area (Å²) in [6.07, 6.45) is 6.48. The number of fused-ring (bicyclic) bond motifs is 1. The number of halogens is 2. The van der Waals surface area contributed by atoms with Gasteiger partial charge in [-0.25, -0.2) is 14.2 Å². The molecule has 1 aromatic heterocycles. The zero-order chi connectivity index (χ0) is 28.1. The lowest BCUT2D eigenvalue weighted by molar-refractivity contribution is 0.162. The van der Waals surface area contributed by atoms with Crippen molar-refractivity contribution in [1.82, 2.24) is 19.8 Å². The first kappa shape index (κ1) is 27.8. The summed E-state index contributed by atoms with van der Waals surface area (Å²) in [5.74, 6) is -0.155. The van der Waals surface area contributed by atoms with Gasteiger partial charge in [0.2, 0.25) is 0 Å². The van der Waals surface area contributed by atoms with Gasteiger partial charge in [0.25, 0.3) is 5.56 Å². The Morgan fingerprint density at radius 1 is 1.07 bits per heavy atom. The van der Waals surface area contributed by atoms with Gasteiger partial charge in [-0.05, 0) is 61.6 Å². The molecule has 40 heavy (non-hydrogen) atoms. The summed E-state index contributed by atoms with van der Waals surface area (Å²) in [4.78, 5) is 34.6. The van der Waals surface area contributed by atoms with Gasteiger partial charge in [0.05, 0.1) is 27.7 Å². The lowest BCUT2D eigenvalue weighted by atomic mass is 9.95. The molecule has 1 heterocycles. The highest BCUT2D eigenvalue weighted by molar-refractivity contribution is 6.30. The Morgan fingerprint density at radius 3 is 2.52 bits per heavy atom.